The molecule has 4 N–H and O–H groups in total. The van der Waals surface area contributed by atoms with Gasteiger partial charge in [-0.3, -0.25) is 4.79 Å². The molecule has 0 aliphatic heterocycles. The fourth-order valence-electron chi connectivity index (χ4n) is 1.96. The molecule has 0 spiro atoms. The molecule has 0 aliphatic rings. The van der Waals surface area contributed by atoms with Gasteiger partial charge in [-0.05, 0) is 31.2 Å². The Bertz CT molecular complexity index is 575. The highest BCUT2D eigenvalue weighted by atomic mass is 16.3. The van der Waals surface area contributed by atoms with Crippen LogP contribution in [0.25, 0.3) is 10.9 Å². The number of phenols is 1. The van der Waals surface area contributed by atoms with Gasteiger partial charge in [0.2, 0.25) is 0 Å². The average molecular weight is 247 g/mol. The van der Waals surface area contributed by atoms with Gasteiger partial charge in [-0.1, -0.05) is 6.07 Å². The van der Waals surface area contributed by atoms with Crippen molar-refractivity contribution in [2.75, 3.05) is 13.1 Å². The Labute approximate surface area is 105 Å². The lowest BCUT2D eigenvalue weighted by atomic mass is 10.2. The summed E-state index contributed by atoms with van der Waals surface area (Å²) in [5.74, 6) is 0.0330. The van der Waals surface area contributed by atoms with E-state index in [2.05, 4.69) is 5.32 Å². The van der Waals surface area contributed by atoms with E-state index in [1.807, 2.05) is 6.07 Å². The standard InChI is InChI=1S/C13H17N3O2/c1-16-10-4-2-5-12(17)9(10)8-11(16)13(18)15-7-3-6-14/h2,4-5,8,17H,3,6-7,14H2,1H3,(H,15,18). The second-order valence-corrected chi connectivity index (χ2v) is 4.20. The molecule has 5 heteroatoms. The highest BCUT2D eigenvalue weighted by Crippen LogP contribution is 2.26. The highest BCUT2D eigenvalue weighted by molar-refractivity contribution is 6.00. The topological polar surface area (TPSA) is 80.3 Å². The average Bonchev–Trinajstić information content (AvgIpc) is 2.69. The Balaban J connectivity index is 2.31. The molecule has 5 nitrogen and oxygen atoms in total. The molecule has 0 saturated heterocycles. The number of hydrogen-bond acceptors (Lipinski definition) is 3. The van der Waals surface area contributed by atoms with Gasteiger partial charge in [0.1, 0.15) is 11.4 Å². The van der Waals surface area contributed by atoms with Crippen LogP contribution in [0.15, 0.2) is 24.3 Å². The van der Waals surface area contributed by atoms with Gasteiger partial charge < -0.3 is 20.7 Å². The maximum atomic E-state index is 12.0. The summed E-state index contributed by atoms with van der Waals surface area (Å²) < 4.78 is 1.77. The van der Waals surface area contributed by atoms with E-state index in [0.717, 1.165) is 11.9 Å². The Kier molecular flexibility index (Phi) is 3.53. The predicted molar refractivity (Wildman–Crippen MR) is 70.6 cm³/mol. The van der Waals surface area contributed by atoms with Crippen molar-refractivity contribution < 1.29 is 9.90 Å². The van der Waals surface area contributed by atoms with Crippen molar-refractivity contribution >= 4 is 16.8 Å². The number of phenolic OH excluding ortho intramolecular Hbond substituents is 1. The van der Waals surface area contributed by atoms with Crippen LogP contribution in [0.3, 0.4) is 0 Å². The third-order valence-electron chi connectivity index (χ3n) is 2.96. The van der Waals surface area contributed by atoms with Crippen LogP contribution in [-0.4, -0.2) is 28.7 Å². The summed E-state index contributed by atoms with van der Waals surface area (Å²) >= 11 is 0. The number of carbonyl (C=O) groups excluding carboxylic acids is 1. The quantitative estimate of drug-likeness (QED) is 0.704. The van der Waals surface area contributed by atoms with Crippen LogP contribution in [0.2, 0.25) is 0 Å². The van der Waals surface area contributed by atoms with Gasteiger partial charge in [0.05, 0.1) is 5.52 Å². The van der Waals surface area contributed by atoms with Crippen LogP contribution in [0, 0.1) is 0 Å². The highest BCUT2D eigenvalue weighted by Gasteiger charge is 2.14. The minimum atomic E-state index is -0.151. The van der Waals surface area contributed by atoms with Crippen molar-refractivity contribution in [3.05, 3.63) is 30.0 Å². The number of aromatic nitrogens is 1. The third kappa shape index (κ3) is 2.17. The first-order chi connectivity index (χ1) is 8.65. The molecule has 96 valence electrons. The summed E-state index contributed by atoms with van der Waals surface area (Å²) in [5, 5.41) is 13.2. The third-order valence-corrected chi connectivity index (χ3v) is 2.96. The number of nitrogens with zero attached hydrogens (tertiary/aromatic N) is 1. The molecule has 1 aromatic heterocycles. The summed E-state index contributed by atoms with van der Waals surface area (Å²) in [4.78, 5) is 12.0. The molecule has 0 fully saturated rings. The molecule has 1 amide bonds. The maximum absolute atomic E-state index is 12.0. The van der Waals surface area contributed by atoms with Gasteiger partial charge >= 0.3 is 0 Å². The number of fused-ring (bicyclic) bond motifs is 1. The molecule has 0 atom stereocenters. The van der Waals surface area contributed by atoms with Crippen molar-refractivity contribution in [1.82, 2.24) is 9.88 Å². The predicted octanol–water partition coefficient (Wildman–Crippen LogP) is 0.962. The van der Waals surface area contributed by atoms with Crippen LogP contribution in [0.5, 0.6) is 5.75 Å². The van der Waals surface area contributed by atoms with E-state index in [0.29, 0.717) is 24.2 Å². The molecule has 2 aromatic rings. The Morgan fingerprint density at radius 1 is 1.50 bits per heavy atom. The van der Waals surface area contributed by atoms with E-state index in [9.17, 15) is 9.90 Å². The lowest BCUT2D eigenvalue weighted by Crippen LogP contribution is -2.27. The molecular weight excluding hydrogens is 230 g/mol. The molecular formula is C13H17N3O2. The van der Waals surface area contributed by atoms with Crippen molar-refractivity contribution in [2.24, 2.45) is 12.8 Å². The number of rotatable bonds is 4. The fraction of sp³-hybridized carbons (Fsp3) is 0.308. The van der Waals surface area contributed by atoms with Gasteiger partial charge in [0.25, 0.3) is 5.91 Å². The van der Waals surface area contributed by atoms with E-state index in [-0.39, 0.29) is 11.7 Å². The monoisotopic (exact) mass is 247 g/mol. The van der Waals surface area contributed by atoms with Crippen LogP contribution in [-0.2, 0) is 7.05 Å². The van der Waals surface area contributed by atoms with Gasteiger partial charge in [-0.2, -0.15) is 0 Å². The molecule has 0 aliphatic carbocycles. The minimum absolute atomic E-state index is 0.151. The Morgan fingerprint density at radius 2 is 2.28 bits per heavy atom. The van der Waals surface area contributed by atoms with E-state index in [1.165, 1.54) is 0 Å². The van der Waals surface area contributed by atoms with Gasteiger partial charge in [-0.15, -0.1) is 0 Å². The van der Waals surface area contributed by atoms with Crippen molar-refractivity contribution in [3.8, 4) is 5.75 Å². The number of hydrogen-bond donors (Lipinski definition) is 3. The van der Waals surface area contributed by atoms with E-state index in [1.54, 1.807) is 29.8 Å². The van der Waals surface area contributed by atoms with Crippen LogP contribution >= 0.6 is 0 Å². The second-order valence-electron chi connectivity index (χ2n) is 4.20. The molecule has 1 heterocycles. The van der Waals surface area contributed by atoms with Gasteiger partial charge in [0.15, 0.2) is 0 Å². The van der Waals surface area contributed by atoms with Gasteiger partial charge in [0, 0.05) is 19.0 Å². The molecule has 18 heavy (non-hydrogen) atoms. The van der Waals surface area contributed by atoms with E-state index in [4.69, 9.17) is 5.73 Å². The zero-order chi connectivity index (χ0) is 13.1. The van der Waals surface area contributed by atoms with Crippen molar-refractivity contribution in [2.45, 2.75) is 6.42 Å². The zero-order valence-corrected chi connectivity index (χ0v) is 10.3. The minimum Gasteiger partial charge on any atom is -0.507 e. The smallest absolute Gasteiger partial charge is 0.267 e. The molecule has 0 bridgehead atoms. The number of aromatic hydroxyl groups is 1. The van der Waals surface area contributed by atoms with Crippen molar-refractivity contribution in [1.29, 1.82) is 0 Å². The number of benzene rings is 1. The number of carbonyl (C=O) groups is 1. The lowest BCUT2D eigenvalue weighted by molar-refractivity contribution is 0.0946. The van der Waals surface area contributed by atoms with Crippen molar-refractivity contribution in [3.63, 3.8) is 0 Å². The summed E-state index contributed by atoms with van der Waals surface area (Å²) in [6.07, 6.45) is 0.751. The molecule has 0 saturated carbocycles. The number of aryl methyl sites for hydroxylation is 1. The normalized spacial score (nSPS) is 10.8. The summed E-state index contributed by atoms with van der Waals surface area (Å²) in [5.41, 5.74) is 6.74. The summed E-state index contributed by atoms with van der Waals surface area (Å²) in [7, 11) is 1.81. The van der Waals surface area contributed by atoms with Crippen LogP contribution < -0.4 is 11.1 Å². The van der Waals surface area contributed by atoms with E-state index >= 15 is 0 Å². The first-order valence-corrected chi connectivity index (χ1v) is 5.91. The largest absolute Gasteiger partial charge is 0.507 e. The molecule has 0 unspecified atom stereocenters. The number of amides is 1. The van der Waals surface area contributed by atoms with Crippen LogP contribution in [0.4, 0.5) is 0 Å². The molecule has 2 rings (SSSR count). The molecule has 1 aromatic carbocycles. The lowest BCUT2D eigenvalue weighted by Gasteiger charge is -2.05. The SMILES string of the molecule is Cn1c(C(=O)NCCCN)cc2c(O)cccc21. The molecule has 0 radical (unpaired) electrons. The van der Waals surface area contributed by atoms with Gasteiger partial charge in [-0.25, -0.2) is 0 Å². The second kappa shape index (κ2) is 5.10. The van der Waals surface area contributed by atoms with Crippen LogP contribution in [0.1, 0.15) is 16.9 Å². The van der Waals surface area contributed by atoms with E-state index < -0.39 is 0 Å². The first kappa shape index (κ1) is 12.4. The number of nitrogens with one attached hydrogen (secondary N) is 1. The Hall–Kier alpha value is -2.01. The Morgan fingerprint density at radius 3 is 2.94 bits per heavy atom. The summed E-state index contributed by atoms with van der Waals surface area (Å²) in [6, 6.07) is 6.93. The maximum Gasteiger partial charge on any atom is 0.267 e. The number of nitrogens with two attached hydrogens (primary N) is 1. The first-order valence-electron chi connectivity index (χ1n) is 5.91. The summed E-state index contributed by atoms with van der Waals surface area (Å²) in [6.45, 7) is 1.11. The fourth-order valence-corrected chi connectivity index (χ4v) is 1.96. The zero-order valence-electron chi connectivity index (χ0n) is 10.3.